The van der Waals surface area contributed by atoms with E-state index in [0.29, 0.717) is 23.7 Å². The zero-order valence-electron chi connectivity index (χ0n) is 32.9. The Morgan fingerprint density at radius 2 is 1.32 bits per heavy atom. The Morgan fingerprint density at radius 3 is 1.93 bits per heavy atom. The fourth-order valence-electron chi connectivity index (χ4n) is 10.8. The van der Waals surface area contributed by atoms with Crippen molar-refractivity contribution in [2.45, 2.75) is 105 Å². The van der Waals surface area contributed by atoms with Gasteiger partial charge in [-0.05, 0) is 110 Å². The summed E-state index contributed by atoms with van der Waals surface area (Å²) in [5.74, 6) is -0.916. The average molecular weight is 795 g/mol. The number of aryl methyl sites for hydroxylation is 1. The lowest BCUT2D eigenvalue weighted by Gasteiger charge is -2.42. The standard InChI is InChI=1S/C45H51FN4O4S2/c1-28-41(56-45(55-28)19-17-33-21-38-31(23-43(33,45)3)25-48-50(38)36-13-9-34(46)10-14-36)15-8-29-6-11-35(12-7-29)49-37-20-32-16-18-44(42(32,2)22-30(37)24-47-49)53-39(26-51-4)40(54-44)27-52-5/h6-7,9-14,20-21,24-25,28,39-41H,8,15-19,22-23,26-27H2,1-5H3/t28?,39-,40-,41?,42-,43-,45?/m0/s1. The summed E-state index contributed by atoms with van der Waals surface area (Å²) in [6.45, 7) is 8.20. The number of hydrogen-bond acceptors (Lipinski definition) is 8. The van der Waals surface area contributed by atoms with Crippen molar-refractivity contribution in [3.05, 3.63) is 106 Å². The first kappa shape index (κ1) is 37.1. The van der Waals surface area contributed by atoms with E-state index in [1.165, 1.54) is 46.4 Å². The quantitative estimate of drug-likeness (QED) is 0.166. The molecule has 0 amide bonds. The van der Waals surface area contributed by atoms with Gasteiger partial charge in [0.2, 0.25) is 0 Å². The number of nitrogens with zero attached hydrogens (tertiary/aromatic N) is 4. The Labute approximate surface area is 337 Å². The summed E-state index contributed by atoms with van der Waals surface area (Å²) in [6, 6.07) is 15.7. The lowest BCUT2D eigenvalue weighted by atomic mass is 9.72. The highest BCUT2D eigenvalue weighted by atomic mass is 32.2. The van der Waals surface area contributed by atoms with E-state index in [1.54, 1.807) is 14.2 Å². The second kappa shape index (κ2) is 13.7. The second-order valence-corrected chi connectivity index (χ2v) is 20.7. The molecular formula is C45H51FN4O4S2. The van der Waals surface area contributed by atoms with Crippen molar-refractivity contribution < 1.29 is 23.3 Å². The predicted octanol–water partition coefficient (Wildman–Crippen LogP) is 9.02. The fraction of sp³-hybridized carbons (Fsp3) is 0.511. The zero-order valence-corrected chi connectivity index (χ0v) is 34.6. The van der Waals surface area contributed by atoms with Crippen LogP contribution in [0.4, 0.5) is 4.39 Å². The third-order valence-corrected chi connectivity index (χ3v) is 18.5. The molecule has 6 aliphatic rings. The Hall–Kier alpha value is -3.19. The molecule has 0 bridgehead atoms. The van der Waals surface area contributed by atoms with Crippen LogP contribution in [-0.2, 0) is 38.2 Å². The summed E-state index contributed by atoms with van der Waals surface area (Å²) in [7, 11) is 3.42. The van der Waals surface area contributed by atoms with Gasteiger partial charge in [0.15, 0.2) is 5.79 Å². The molecule has 10 rings (SSSR count). The molecule has 0 radical (unpaired) electrons. The number of halogens is 1. The largest absolute Gasteiger partial charge is 0.382 e. The van der Waals surface area contributed by atoms with E-state index < -0.39 is 5.79 Å². The molecule has 2 aliphatic heterocycles. The number of allylic oxidation sites excluding steroid dienone is 1. The average Bonchev–Trinajstić information content (AvgIpc) is 4.03. The van der Waals surface area contributed by atoms with Gasteiger partial charge in [0.05, 0.1) is 52.4 Å². The SMILES string of the molecule is COC[C@@H]1OC2(CCC3=Cc4c(cnn4-c4ccc(CCC5SC6(CCC7=Cc8c(cnn8-c8ccc(F)cc8)C[C@@]76C)SC5C)cc4)C[C@@]32C)O[C@H]1COC. The minimum atomic E-state index is -0.690. The monoisotopic (exact) mass is 794 g/mol. The van der Waals surface area contributed by atoms with E-state index in [0.717, 1.165) is 67.7 Å². The van der Waals surface area contributed by atoms with Crippen molar-refractivity contribution >= 4 is 35.7 Å². The number of hydrogen-bond donors (Lipinski definition) is 0. The second-order valence-electron chi connectivity index (χ2n) is 17.2. The molecular weight excluding hydrogens is 744 g/mol. The van der Waals surface area contributed by atoms with Crippen LogP contribution >= 0.6 is 23.5 Å². The topological polar surface area (TPSA) is 72.6 Å². The molecule has 3 unspecified atom stereocenters. The van der Waals surface area contributed by atoms with Crippen LogP contribution in [-0.4, -0.2) is 79.6 Å². The maximum atomic E-state index is 13.7. The summed E-state index contributed by atoms with van der Waals surface area (Å²) < 4.78 is 42.4. The van der Waals surface area contributed by atoms with E-state index in [9.17, 15) is 4.39 Å². The first-order valence-electron chi connectivity index (χ1n) is 20.2. The summed E-state index contributed by atoms with van der Waals surface area (Å²) in [6.07, 6.45) is 16.6. The van der Waals surface area contributed by atoms with Crippen molar-refractivity contribution in [3.63, 3.8) is 0 Å². The van der Waals surface area contributed by atoms with E-state index >= 15 is 0 Å². The summed E-state index contributed by atoms with van der Waals surface area (Å²) >= 11 is 4.47. The lowest BCUT2D eigenvalue weighted by Crippen LogP contribution is -2.47. The molecule has 4 fully saturated rings. The Bertz CT molecular complexity index is 2200. The molecule has 2 aromatic heterocycles. The number of methoxy groups -OCH3 is 2. The van der Waals surface area contributed by atoms with Crippen LogP contribution in [0.3, 0.4) is 0 Å². The minimum absolute atomic E-state index is 0.0847. The van der Waals surface area contributed by atoms with Crippen LogP contribution in [0, 0.1) is 16.6 Å². The van der Waals surface area contributed by atoms with Gasteiger partial charge in [-0.2, -0.15) is 10.2 Å². The van der Waals surface area contributed by atoms with E-state index in [2.05, 4.69) is 85.4 Å². The maximum Gasteiger partial charge on any atom is 0.179 e. The molecule has 2 spiro atoms. The van der Waals surface area contributed by atoms with Crippen molar-refractivity contribution in [1.82, 2.24) is 19.6 Å². The van der Waals surface area contributed by atoms with Gasteiger partial charge in [-0.25, -0.2) is 13.8 Å². The van der Waals surface area contributed by atoms with Gasteiger partial charge in [-0.3, -0.25) is 0 Å². The molecule has 4 aromatic rings. The molecule has 4 heterocycles. The first-order chi connectivity index (χ1) is 27.1. The molecule has 2 aromatic carbocycles. The molecule has 56 heavy (non-hydrogen) atoms. The molecule has 8 nitrogen and oxygen atoms in total. The van der Waals surface area contributed by atoms with Crippen molar-refractivity contribution in [3.8, 4) is 11.4 Å². The van der Waals surface area contributed by atoms with Gasteiger partial charge < -0.3 is 18.9 Å². The molecule has 4 aliphatic carbocycles. The van der Waals surface area contributed by atoms with Crippen LogP contribution in [0.25, 0.3) is 23.5 Å². The molecule has 11 heteroatoms. The van der Waals surface area contributed by atoms with Crippen molar-refractivity contribution in [2.75, 3.05) is 27.4 Å². The predicted molar refractivity (Wildman–Crippen MR) is 221 cm³/mol. The van der Waals surface area contributed by atoms with Gasteiger partial charge in [0.1, 0.15) is 18.0 Å². The van der Waals surface area contributed by atoms with Crippen LogP contribution in [0.2, 0.25) is 0 Å². The van der Waals surface area contributed by atoms with Crippen molar-refractivity contribution in [2.24, 2.45) is 10.8 Å². The zero-order chi connectivity index (χ0) is 38.5. The van der Waals surface area contributed by atoms with Crippen LogP contribution in [0.5, 0.6) is 0 Å². The lowest BCUT2D eigenvalue weighted by molar-refractivity contribution is -0.228. The number of benzene rings is 2. The minimum Gasteiger partial charge on any atom is -0.382 e. The summed E-state index contributed by atoms with van der Waals surface area (Å²) in [4.78, 5) is 0. The van der Waals surface area contributed by atoms with E-state index in [4.69, 9.17) is 29.1 Å². The number of ether oxygens (including phenoxy) is 4. The third-order valence-electron chi connectivity index (χ3n) is 14.0. The number of fused-ring (bicyclic) bond motifs is 6. The molecule has 2 saturated carbocycles. The smallest absolute Gasteiger partial charge is 0.179 e. The maximum absolute atomic E-state index is 13.7. The number of aromatic nitrogens is 4. The van der Waals surface area contributed by atoms with Gasteiger partial charge in [0.25, 0.3) is 0 Å². The van der Waals surface area contributed by atoms with Gasteiger partial charge in [-0.15, -0.1) is 23.5 Å². The molecule has 294 valence electrons. The Morgan fingerprint density at radius 1 is 0.768 bits per heavy atom. The molecule has 0 N–H and O–H groups in total. The van der Waals surface area contributed by atoms with Crippen molar-refractivity contribution in [1.29, 1.82) is 0 Å². The first-order valence-corrected chi connectivity index (χ1v) is 21.9. The summed E-state index contributed by atoms with van der Waals surface area (Å²) in [5, 5.41) is 10.9. The highest BCUT2D eigenvalue weighted by Crippen LogP contribution is 2.71. The van der Waals surface area contributed by atoms with Crippen LogP contribution < -0.4 is 0 Å². The normalized spacial score (nSPS) is 32.4. The highest BCUT2D eigenvalue weighted by molar-refractivity contribution is 8.22. The fourth-order valence-corrected chi connectivity index (χ4v) is 15.3. The number of rotatable bonds is 9. The van der Waals surface area contributed by atoms with Crippen LogP contribution in [0.15, 0.2) is 72.1 Å². The Balaban J connectivity index is 0.813. The molecule has 7 atom stereocenters. The third kappa shape index (κ3) is 5.62. The van der Waals surface area contributed by atoms with E-state index in [1.807, 2.05) is 29.2 Å². The number of thioether (sulfide) groups is 2. The summed E-state index contributed by atoms with van der Waals surface area (Å²) in [5.41, 5.74) is 10.9. The van der Waals surface area contributed by atoms with Gasteiger partial charge in [0, 0.05) is 42.0 Å². The Kier molecular flexibility index (Phi) is 9.08. The van der Waals surface area contributed by atoms with E-state index in [-0.39, 0.29) is 32.9 Å². The highest BCUT2D eigenvalue weighted by Gasteiger charge is 2.64. The van der Waals surface area contributed by atoms with Crippen LogP contribution in [0.1, 0.15) is 81.0 Å². The van der Waals surface area contributed by atoms with Gasteiger partial charge in [-0.1, -0.05) is 44.1 Å². The van der Waals surface area contributed by atoms with Gasteiger partial charge >= 0.3 is 0 Å². The molecule has 2 saturated heterocycles.